The van der Waals surface area contributed by atoms with Gasteiger partial charge in [0.05, 0.1) is 0 Å². The Bertz CT molecular complexity index is 821. The molecule has 0 heterocycles. The molecule has 0 radical (unpaired) electrons. The van der Waals surface area contributed by atoms with Crippen LogP contribution >= 0.6 is 0 Å². The molecule has 0 aliphatic heterocycles. The van der Waals surface area contributed by atoms with Crippen LogP contribution in [0.1, 0.15) is 26.3 Å². The number of aldehydes is 1. The van der Waals surface area contributed by atoms with E-state index in [-0.39, 0.29) is 5.78 Å². The summed E-state index contributed by atoms with van der Waals surface area (Å²) in [6.45, 7) is 0. The van der Waals surface area contributed by atoms with E-state index in [1.54, 1.807) is 48.5 Å². The largest absolute Gasteiger partial charge is 0.457 e. The lowest BCUT2D eigenvalue weighted by Crippen LogP contribution is -2.01. The third kappa shape index (κ3) is 3.52. The number of hydrogen-bond acceptors (Lipinski definition) is 3. The molecule has 0 saturated heterocycles. The van der Waals surface area contributed by atoms with E-state index >= 15 is 0 Å². The molecule has 23 heavy (non-hydrogen) atoms. The van der Waals surface area contributed by atoms with E-state index in [9.17, 15) is 9.59 Å². The summed E-state index contributed by atoms with van der Waals surface area (Å²) in [4.78, 5) is 23.2. The molecular weight excluding hydrogens is 288 g/mol. The second-order valence-electron chi connectivity index (χ2n) is 5.01. The highest BCUT2D eigenvalue weighted by Gasteiger charge is 2.09. The fourth-order valence-corrected chi connectivity index (χ4v) is 2.22. The van der Waals surface area contributed by atoms with Gasteiger partial charge in [-0.1, -0.05) is 36.4 Å². The van der Waals surface area contributed by atoms with Gasteiger partial charge in [-0.05, 0) is 42.5 Å². The number of ketones is 1. The quantitative estimate of drug-likeness (QED) is 0.514. The minimum absolute atomic E-state index is 0.125. The second-order valence-corrected chi connectivity index (χ2v) is 5.01. The van der Waals surface area contributed by atoms with Crippen molar-refractivity contribution in [3.05, 3.63) is 95.6 Å². The number of hydrogen-bond donors (Lipinski definition) is 0. The molecule has 0 unspecified atom stereocenters. The first-order valence-corrected chi connectivity index (χ1v) is 7.19. The normalized spacial score (nSPS) is 10.1. The molecule has 3 rings (SSSR count). The molecule has 0 fully saturated rings. The van der Waals surface area contributed by atoms with Gasteiger partial charge in [0.25, 0.3) is 0 Å². The van der Waals surface area contributed by atoms with Crippen molar-refractivity contribution >= 4 is 12.1 Å². The van der Waals surface area contributed by atoms with Crippen LogP contribution in [0.2, 0.25) is 0 Å². The van der Waals surface area contributed by atoms with Gasteiger partial charge in [0, 0.05) is 16.7 Å². The number of benzene rings is 3. The van der Waals surface area contributed by atoms with E-state index in [0.717, 1.165) is 12.0 Å². The molecule has 0 spiro atoms. The van der Waals surface area contributed by atoms with Crippen molar-refractivity contribution < 1.29 is 14.3 Å². The molecule has 3 heteroatoms. The van der Waals surface area contributed by atoms with Crippen LogP contribution in [-0.4, -0.2) is 12.1 Å². The van der Waals surface area contributed by atoms with Crippen LogP contribution in [-0.2, 0) is 0 Å². The Morgan fingerprint density at radius 2 is 1.43 bits per heavy atom. The van der Waals surface area contributed by atoms with Crippen LogP contribution in [0.4, 0.5) is 0 Å². The molecule has 0 aliphatic rings. The number of carbonyl (C=O) groups is 2. The summed E-state index contributed by atoms with van der Waals surface area (Å²) in [6.07, 6.45) is 0.730. The summed E-state index contributed by atoms with van der Waals surface area (Å²) in [5, 5.41) is 0. The Kier molecular flexibility index (Phi) is 4.29. The van der Waals surface area contributed by atoms with E-state index in [0.29, 0.717) is 22.4 Å². The lowest BCUT2D eigenvalue weighted by molar-refractivity contribution is 0.103. The first-order valence-electron chi connectivity index (χ1n) is 7.19. The fraction of sp³-hybridized carbons (Fsp3) is 0. The average molecular weight is 302 g/mol. The molecular formula is C20H14O3. The summed E-state index contributed by atoms with van der Waals surface area (Å²) in [5.41, 5.74) is 1.53. The highest BCUT2D eigenvalue weighted by molar-refractivity contribution is 6.09. The zero-order chi connectivity index (χ0) is 16.1. The second kappa shape index (κ2) is 6.71. The SMILES string of the molecule is O=Cc1cccc(C(=O)c2ccc(Oc3ccccc3)cc2)c1. The molecule has 0 bridgehead atoms. The Morgan fingerprint density at radius 1 is 0.739 bits per heavy atom. The van der Waals surface area contributed by atoms with Crippen molar-refractivity contribution in [3.63, 3.8) is 0 Å². The standard InChI is InChI=1S/C20H14O3/c21-14-15-5-4-6-17(13-15)20(22)16-9-11-19(12-10-16)23-18-7-2-1-3-8-18/h1-14H. The van der Waals surface area contributed by atoms with Crippen LogP contribution in [0.15, 0.2) is 78.9 Å². The Hall–Kier alpha value is -3.20. The zero-order valence-electron chi connectivity index (χ0n) is 12.3. The van der Waals surface area contributed by atoms with Gasteiger partial charge < -0.3 is 4.74 Å². The smallest absolute Gasteiger partial charge is 0.193 e. The van der Waals surface area contributed by atoms with E-state index < -0.39 is 0 Å². The third-order valence-corrected chi connectivity index (χ3v) is 3.38. The molecule has 3 nitrogen and oxygen atoms in total. The van der Waals surface area contributed by atoms with Gasteiger partial charge in [-0.15, -0.1) is 0 Å². The summed E-state index contributed by atoms with van der Waals surface area (Å²) in [5.74, 6) is 1.28. The lowest BCUT2D eigenvalue weighted by Gasteiger charge is -2.06. The Morgan fingerprint density at radius 3 is 2.13 bits per heavy atom. The molecule has 0 saturated carbocycles. The summed E-state index contributed by atoms with van der Waals surface area (Å²) < 4.78 is 5.70. The molecule has 0 amide bonds. The topological polar surface area (TPSA) is 43.4 Å². The van der Waals surface area contributed by atoms with E-state index in [4.69, 9.17) is 4.74 Å². The van der Waals surface area contributed by atoms with Gasteiger partial charge in [-0.2, -0.15) is 0 Å². The first kappa shape index (κ1) is 14.7. The lowest BCUT2D eigenvalue weighted by atomic mass is 10.0. The van der Waals surface area contributed by atoms with Crippen molar-refractivity contribution in [3.8, 4) is 11.5 Å². The van der Waals surface area contributed by atoms with E-state index in [2.05, 4.69) is 0 Å². The Labute approximate surface area is 134 Å². The van der Waals surface area contributed by atoms with Gasteiger partial charge in [0.2, 0.25) is 0 Å². The minimum Gasteiger partial charge on any atom is -0.457 e. The maximum absolute atomic E-state index is 12.4. The monoisotopic (exact) mass is 302 g/mol. The highest BCUT2D eigenvalue weighted by atomic mass is 16.5. The van der Waals surface area contributed by atoms with E-state index in [1.807, 2.05) is 30.3 Å². The summed E-state index contributed by atoms with van der Waals surface area (Å²) in [6, 6.07) is 23.0. The van der Waals surface area contributed by atoms with Crippen molar-refractivity contribution in [2.45, 2.75) is 0 Å². The van der Waals surface area contributed by atoms with Crippen LogP contribution in [0.3, 0.4) is 0 Å². The molecule has 0 N–H and O–H groups in total. The van der Waals surface area contributed by atoms with E-state index in [1.165, 1.54) is 0 Å². The highest BCUT2D eigenvalue weighted by Crippen LogP contribution is 2.22. The van der Waals surface area contributed by atoms with Gasteiger partial charge in [-0.25, -0.2) is 0 Å². The minimum atomic E-state index is -0.125. The van der Waals surface area contributed by atoms with Crippen molar-refractivity contribution in [2.75, 3.05) is 0 Å². The zero-order valence-corrected chi connectivity index (χ0v) is 12.3. The molecule has 0 aliphatic carbocycles. The summed E-state index contributed by atoms with van der Waals surface area (Å²) in [7, 11) is 0. The number of para-hydroxylation sites is 1. The fourth-order valence-electron chi connectivity index (χ4n) is 2.22. The van der Waals surface area contributed by atoms with Crippen molar-refractivity contribution in [2.24, 2.45) is 0 Å². The molecule has 0 aromatic heterocycles. The maximum atomic E-state index is 12.4. The van der Waals surface area contributed by atoms with Crippen molar-refractivity contribution in [1.82, 2.24) is 0 Å². The molecule has 3 aromatic carbocycles. The third-order valence-electron chi connectivity index (χ3n) is 3.38. The number of carbonyl (C=O) groups excluding carboxylic acids is 2. The predicted molar refractivity (Wildman–Crippen MR) is 88.2 cm³/mol. The molecule has 112 valence electrons. The molecule has 3 aromatic rings. The first-order chi connectivity index (χ1) is 11.3. The van der Waals surface area contributed by atoms with Gasteiger partial charge >= 0.3 is 0 Å². The molecule has 0 atom stereocenters. The van der Waals surface area contributed by atoms with Gasteiger partial charge in [0.1, 0.15) is 17.8 Å². The van der Waals surface area contributed by atoms with Crippen LogP contribution in [0.25, 0.3) is 0 Å². The van der Waals surface area contributed by atoms with Gasteiger partial charge in [0.15, 0.2) is 5.78 Å². The average Bonchev–Trinajstić information content (AvgIpc) is 2.63. The van der Waals surface area contributed by atoms with Crippen LogP contribution in [0, 0.1) is 0 Å². The van der Waals surface area contributed by atoms with Gasteiger partial charge in [-0.3, -0.25) is 9.59 Å². The van der Waals surface area contributed by atoms with Crippen LogP contribution < -0.4 is 4.74 Å². The van der Waals surface area contributed by atoms with Crippen LogP contribution in [0.5, 0.6) is 11.5 Å². The summed E-state index contributed by atoms with van der Waals surface area (Å²) >= 11 is 0. The number of ether oxygens (including phenoxy) is 1. The maximum Gasteiger partial charge on any atom is 0.193 e. The number of rotatable bonds is 5. The van der Waals surface area contributed by atoms with Crippen molar-refractivity contribution in [1.29, 1.82) is 0 Å². The Balaban J connectivity index is 1.78. The predicted octanol–water partition coefficient (Wildman–Crippen LogP) is 4.52.